The van der Waals surface area contributed by atoms with Crippen LogP contribution >= 0.6 is 0 Å². The van der Waals surface area contributed by atoms with Crippen molar-refractivity contribution < 1.29 is 28.6 Å². The van der Waals surface area contributed by atoms with Crippen LogP contribution in [0.25, 0.3) is 5.52 Å². The fourth-order valence-corrected chi connectivity index (χ4v) is 4.27. The van der Waals surface area contributed by atoms with E-state index in [1.165, 1.54) is 17.8 Å². The molecule has 4 aromatic rings. The summed E-state index contributed by atoms with van der Waals surface area (Å²) in [5, 5.41) is 22.5. The predicted molar refractivity (Wildman–Crippen MR) is 159 cm³/mol. The molecule has 12 heteroatoms. The van der Waals surface area contributed by atoms with Gasteiger partial charge in [-0.2, -0.15) is 10.4 Å². The highest BCUT2D eigenvalue weighted by molar-refractivity contribution is 5.97. The van der Waals surface area contributed by atoms with Crippen LogP contribution in [-0.2, 0) is 14.3 Å². The molecular formula is C31H32N6O6. The van der Waals surface area contributed by atoms with Gasteiger partial charge >= 0.3 is 5.97 Å². The van der Waals surface area contributed by atoms with E-state index in [1.54, 1.807) is 82.4 Å². The van der Waals surface area contributed by atoms with E-state index in [-0.39, 0.29) is 12.5 Å². The Morgan fingerprint density at radius 2 is 1.74 bits per heavy atom. The molecule has 222 valence electrons. The highest BCUT2D eigenvalue weighted by atomic mass is 16.5. The fourth-order valence-electron chi connectivity index (χ4n) is 4.27. The zero-order valence-corrected chi connectivity index (χ0v) is 24.5. The number of ether oxygens (including phenoxy) is 3. The second-order valence-electron chi connectivity index (χ2n) is 9.94. The Balaban J connectivity index is 1.52. The number of hydrogen-bond acceptors (Lipinski definition) is 9. The van der Waals surface area contributed by atoms with Gasteiger partial charge in [-0.1, -0.05) is 12.1 Å². The third-order valence-corrected chi connectivity index (χ3v) is 6.48. The molecule has 0 saturated carbocycles. The lowest BCUT2D eigenvalue weighted by molar-refractivity contribution is -0.136. The van der Waals surface area contributed by atoms with Crippen molar-refractivity contribution in [3.05, 3.63) is 77.6 Å². The summed E-state index contributed by atoms with van der Waals surface area (Å²) >= 11 is 0. The topological polar surface area (TPSA) is 156 Å². The van der Waals surface area contributed by atoms with Crippen LogP contribution in [0, 0.1) is 18.3 Å². The predicted octanol–water partition coefficient (Wildman–Crippen LogP) is 4.25. The summed E-state index contributed by atoms with van der Waals surface area (Å²) in [6, 6.07) is 16.1. The van der Waals surface area contributed by atoms with Crippen LogP contribution in [0.3, 0.4) is 0 Å². The third kappa shape index (κ3) is 6.84. The first-order chi connectivity index (χ1) is 20.6. The molecule has 0 unspecified atom stereocenters. The maximum atomic E-state index is 12.7. The molecular weight excluding hydrogens is 552 g/mol. The zero-order chi connectivity index (χ0) is 31.1. The number of amides is 2. The SMILES string of the molecule is CCNC(=O)CNC(=O)C(C)(C)Oc1ccccc1Oc1ccc(Nc2c(C#N)cnn3cc(C(=O)OC)c(C)c23)cc1. The van der Waals surface area contributed by atoms with Gasteiger partial charge in [0, 0.05) is 18.4 Å². The van der Waals surface area contributed by atoms with Gasteiger partial charge in [0.25, 0.3) is 5.91 Å². The molecule has 43 heavy (non-hydrogen) atoms. The van der Waals surface area contributed by atoms with Crippen molar-refractivity contribution in [1.29, 1.82) is 5.26 Å². The molecule has 12 nitrogen and oxygen atoms in total. The first kappa shape index (κ1) is 30.4. The number of hydrogen-bond donors (Lipinski definition) is 3. The van der Waals surface area contributed by atoms with E-state index in [0.29, 0.717) is 57.4 Å². The maximum absolute atomic E-state index is 12.7. The molecule has 0 aliphatic rings. The Morgan fingerprint density at radius 1 is 1.05 bits per heavy atom. The molecule has 0 saturated heterocycles. The van der Waals surface area contributed by atoms with E-state index < -0.39 is 17.5 Å². The molecule has 0 fully saturated rings. The number of esters is 1. The van der Waals surface area contributed by atoms with Crippen molar-refractivity contribution in [2.75, 3.05) is 25.5 Å². The molecule has 2 amide bonds. The van der Waals surface area contributed by atoms with E-state index in [0.717, 1.165) is 0 Å². The van der Waals surface area contributed by atoms with E-state index in [4.69, 9.17) is 14.2 Å². The lowest BCUT2D eigenvalue weighted by Gasteiger charge is -2.26. The van der Waals surface area contributed by atoms with Crippen LogP contribution in [0.2, 0.25) is 0 Å². The van der Waals surface area contributed by atoms with Crippen LogP contribution in [0.1, 0.15) is 42.3 Å². The minimum absolute atomic E-state index is 0.157. The number of benzene rings is 2. The summed E-state index contributed by atoms with van der Waals surface area (Å²) in [6.07, 6.45) is 2.99. The number of likely N-dealkylation sites (N-methyl/N-ethyl adjacent to an activating group) is 1. The van der Waals surface area contributed by atoms with Gasteiger partial charge in [0.15, 0.2) is 17.1 Å². The van der Waals surface area contributed by atoms with Crippen molar-refractivity contribution in [1.82, 2.24) is 20.2 Å². The summed E-state index contributed by atoms with van der Waals surface area (Å²) < 4.78 is 18.5. The number of aromatic nitrogens is 2. The Kier molecular flexibility index (Phi) is 9.15. The van der Waals surface area contributed by atoms with Gasteiger partial charge in [0.1, 0.15) is 11.8 Å². The summed E-state index contributed by atoms with van der Waals surface area (Å²) in [4.78, 5) is 36.7. The quantitative estimate of drug-likeness (QED) is 0.219. The average Bonchev–Trinajstić information content (AvgIpc) is 3.34. The summed E-state index contributed by atoms with van der Waals surface area (Å²) in [5.41, 5.74) is 1.70. The summed E-state index contributed by atoms with van der Waals surface area (Å²) in [5.74, 6) is -0.0303. The number of fused-ring (bicyclic) bond motifs is 1. The molecule has 2 heterocycles. The highest BCUT2D eigenvalue weighted by Gasteiger charge is 2.31. The molecule has 0 aliphatic carbocycles. The van der Waals surface area contributed by atoms with Gasteiger partial charge in [-0.25, -0.2) is 9.31 Å². The number of rotatable bonds is 11. The van der Waals surface area contributed by atoms with Crippen molar-refractivity contribution >= 4 is 34.7 Å². The Labute approximate surface area is 248 Å². The van der Waals surface area contributed by atoms with E-state index >= 15 is 0 Å². The number of methoxy groups -OCH3 is 1. The number of nitriles is 1. The number of carbonyl (C=O) groups is 3. The lowest BCUT2D eigenvalue weighted by atomic mass is 10.1. The van der Waals surface area contributed by atoms with Gasteiger partial charge in [0.05, 0.1) is 42.2 Å². The third-order valence-electron chi connectivity index (χ3n) is 6.48. The molecule has 0 spiro atoms. The minimum Gasteiger partial charge on any atom is -0.474 e. The van der Waals surface area contributed by atoms with Crippen molar-refractivity contribution in [2.45, 2.75) is 33.3 Å². The second-order valence-corrected chi connectivity index (χ2v) is 9.94. The number of nitrogens with zero attached hydrogens (tertiary/aromatic N) is 3. The monoisotopic (exact) mass is 584 g/mol. The minimum atomic E-state index is -1.29. The van der Waals surface area contributed by atoms with E-state index in [9.17, 15) is 19.6 Å². The molecule has 2 aromatic carbocycles. The Bertz CT molecular complexity index is 1700. The van der Waals surface area contributed by atoms with Gasteiger partial charge in [-0.3, -0.25) is 9.59 Å². The fraction of sp³-hybridized carbons (Fsp3) is 0.258. The van der Waals surface area contributed by atoms with Crippen LogP contribution in [-0.4, -0.2) is 53.2 Å². The molecule has 2 aromatic heterocycles. The molecule has 3 N–H and O–H groups in total. The second kappa shape index (κ2) is 12.9. The van der Waals surface area contributed by atoms with Gasteiger partial charge in [-0.15, -0.1) is 0 Å². The zero-order valence-electron chi connectivity index (χ0n) is 24.5. The standard InChI is InChI=1S/C31H32N6O6/c1-6-33-26(38)17-34-30(40)31(3,4)43-25-10-8-7-9-24(25)42-22-13-11-21(12-14-22)36-27-20(15-32)16-35-37-18-23(29(39)41-5)19(2)28(27)37/h7-14,16,18,36H,6,17H2,1-5H3,(H,33,38)(H,34,40). The van der Waals surface area contributed by atoms with Gasteiger partial charge < -0.3 is 30.2 Å². The van der Waals surface area contributed by atoms with Crippen LogP contribution in [0.5, 0.6) is 17.2 Å². The first-order valence-electron chi connectivity index (χ1n) is 13.4. The molecule has 0 bridgehead atoms. The smallest absolute Gasteiger partial charge is 0.339 e. The molecule has 0 aliphatic heterocycles. The number of carbonyl (C=O) groups excluding carboxylic acids is 3. The van der Waals surface area contributed by atoms with E-state index in [1.807, 2.05) is 0 Å². The van der Waals surface area contributed by atoms with Crippen LogP contribution in [0.4, 0.5) is 11.4 Å². The molecule has 0 atom stereocenters. The Hall–Kier alpha value is -5.57. The summed E-state index contributed by atoms with van der Waals surface area (Å²) in [7, 11) is 1.31. The Morgan fingerprint density at radius 3 is 2.40 bits per heavy atom. The first-order valence-corrected chi connectivity index (χ1v) is 13.4. The van der Waals surface area contributed by atoms with Crippen molar-refractivity contribution in [3.8, 4) is 23.3 Å². The molecule has 0 radical (unpaired) electrons. The maximum Gasteiger partial charge on any atom is 0.339 e. The lowest BCUT2D eigenvalue weighted by Crippen LogP contribution is -2.49. The number of aryl methyl sites for hydroxylation is 1. The normalized spacial score (nSPS) is 10.9. The van der Waals surface area contributed by atoms with Crippen molar-refractivity contribution in [3.63, 3.8) is 0 Å². The number of nitrogens with one attached hydrogen (secondary N) is 3. The van der Waals surface area contributed by atoms with Crippen LogP contribution < -0.4 is 25.4 Å². The van der Waals surface area contributed by atoms with E-state index in [2.05, 4.69) is 27.1 Å². The van der Waals surface area contributed by atoms with Crippen molar-refractivity contribution in [2.24, 2.45) is 0 Å². The van der Waals surface area contributed by atoms with Crippen LogP contribution in [0.15, 0.2) is 60.9 Å². The summed E-state index contributed by atoms with van der Waals surface area (Å²) in [6.45, 7) is 7.07. The number of anilines is 2. The number of para-hydroxylation sites is 2. The molecule has 4 rings (SSSR count). The van der Waals surface area contributed by atoms with Gasteiger partial charge in [0.2, 0.25) is 5.91 Å². The largest absolute Gasteiger partial charge is 0.474 e. The highest BCUT2D eigenvalue weighted by Crippen LogP contribution is 2.35. The average molecular weight is 585 g/mol. The van der Waals surface area contributed by atoms with Gasteiger partial charge in [-0.05, 0) is 69.7 Å².